The molecule has 0 saturated carbocycles. The van der Waals surface area contributed by atoms with Gasteiger partial charge in [-0.2, -0.15) is 0 Å². The van der Waals surface area contributed by atoms with E-state index < -0.39 is 0 Å². The molecule has 0 amide bonds. The van der Waals surface area contributed by atoms with Crippen molar-refractivity contribution in [2.24, 2.45) is 39.9 Å². The lowest BCUT2D eigenvalue weighted by Gasteiger charge is -1.92. The summed E-state index contributed by atoms with van der Waals surface area (Å²) < 4.78 is 0. The molecule has 0 aromatic heterocycles. The van der Waals surface area contributed by atoms with Crippen molar-refractivity contribution >= 4 is 46.7 Å². The molecule has 8 nitrogen and oxygen atoms in total. The summed E-state index contributed by atoms with van der Waals surface area (Å²) in [5.41, 5.74) is 0. The first-order valence-corrected chi connectivity index (χ1v) is 7.22. The summed E-state index contributed by atoms with van der Waals surface area (Å²) in [6.07, 6.45) is 14.2. The van der Waals surface area contributed by atoms with Crippen molar-refractivity contribution in [3.63, 3.8) is 0 Å². The van der Waals surface area contributed by atoms with Crippen LogP contribution in [0.15, 0.2) is 88.5 Å². The number of aliphatic imine (C=N–C) groups is 8. The molecule has 112 valence electrons. The number of hydrogen-bond donors (Lipinski definition) is 0. The molecule has 8 bridgehead atoms. The van der Waals surface area contributed by atoms with E-state index in [9.17, 15) is 0 Å². The van der Waals surface area contributed by atoms with Crippen molar-refractivity contribution in [3.8, 4) is 0 Å². The van der Waals surface area contributed by atoms with Crippen LogP contribution in [-0.4, -0.2) is 46.7 Å². The van der Waals surface area contributed by atoms with Crippen LogP contribution in [0.2, 0.25) is 0 Å². The highest BCUT2D eigenvalue weighted by atomic mass is 15.1. The third-order valence-electron chi connectivity index (χ3n) is 3.36. The number of amidine groups is 8. The molecule has 0 unspecified atom stereocenters. The Morgan fingerprint density at radius 1 is 0.250 bits per heavy atom. The Bertz CT molecular complexity index is 848. The van der Waals surface area contributed by atoms with Crippen molar-refractivity contribution in [2.75, 3.05) is 0 Å². The molecule has 5 heterocycles. The SMILES string of the molecule is C1=C/C2=N/C3=NC(=N\C4=NC(=N\C5=NC(=N\C1=N2)/C=C5)/C=C4)/C=C3. The average molecular weight is 312 g/mol. The summed E-state index contributed by atoms with van der Waals surface area (Å²) in [6.45, 7) is 0. The van der Waals surface area contributed by atoms with E-state index in [0.717, 1.165) is 0 Å². The van der Waals surface area contributed by atoms with Gasteiger partial charge in [0, 0.05) is 0 Å². The van der Waals surface area contributed by atoms with Gasteiger partial charge in [0.25, 0.3) is 0 Å². The van der Waals surface area contributed by atoms with Gasteiger partial charge in [-0.25, -0.2) is 39.9 Å². The number of nitrogens with zero attached hydrogens (tertiary/aromatic N) is 8. The van der Waals surface area contributed by atoms with E-state index in [-0.39, 0.29) is 0 Å². The normalized spacial score (nSPS) is 31.3. The summed E-state index contributed by atoms with van der Waals surface area (Å²) in [5.74, 6) is 4.30. The van der Waals surface area contributed by atoms with Crippen LogP contribution in [0.5, 0.6) is 0 Å². The molecule has 0 aliphatic carbocycles. The molecular formula is C16H8N8. The van der Waals surface area contributed by atoms with Crippen LogP contribution in [0.1, 0.15) is 0 Å². The first-order chi connectivity index (χ1) is 11.8. The Labute approximate surface area is 136 Å². The van der Waals surface area contributed by atoms with E-state index in [1.165, 1.54) is 0 Å². The molecule has 0 atom stereocenters. The lowest BCUT2D eigenvalue weighted by Crippen LogP contribution is -1.98. The first kappa shape index (κ1) is 12.8. The second kappa shape index (κ2) is 4.92. The summed E-state index contributed by atoms with van der Waals surface area (Å²) in [5, 5.41) is 0. The summed E-state index contributed by atoms with van der Waals surface area (Å²) in [4.78, 5) is 34.8. The topological polar surface area (TPSA) is 98.9 Å². The average Bonchev–Trinajstić information content (AvgIpc) is 3.32. The van der Waals surface area contributed by atoms with Crippen molar-refractivity contribution < 1.29 is 0 Å². The van der Waals surface area contributed by atoms with Gasteiger partial charge in [-0.3, -0.25) is 0 Å². The second-order valence-electron chi connectivity index (χ2n) is 5.09. The number of hydrogen-bond acceptors (Lipinski definition) is 8. The van der Waals surface area contributed by atoms with E-state index in [1.54, 1.807) is 48.6 Å². The molecule has 0 aromatic carbocycles. The summed E-state index contributed by atoms with van der Waals surface area (Å²) in [7, 11) is 0. The van der Waals surface area contributed by atoms with Gasteiger partial charge in [0.05, 0.1) is 0 Å². The van der Waals surface area contributed by atoms with E-state index in [4.69, 9.17) is 0 Å². The Kier molecular flexibility index (Phi) is 2.63. The van der Waals surface area contributed by atoms with E-state index >= 15 is 0 Å². The minimum Gasteiger partial charge on any atom is -0.209 e. The molecule has 0 radical (unpaired) electrons. The Morgan fingerprint density at radius 3 is 0.500 bits per heavy atom. The predicted molar refractivity (Wildman–Crippen MR) is 96.0 cm³/mol. The highest BCUT2D eigenvalue weighted by molar-refractivity contribution is 6.28. The molecule has 0 saturated heterocycles. The van der Waals surface area contributed by atoms with Crippen molar-refractivity contribution in [2.45, 2.75) is 0 Å². The monoisotopic (exact) mass is 312 g/mol. The quantitative estimate of drug-likeness (QED) is 0.647. The van der Waals surface area contributed by atoms with Crippen LogP contribution in [0, 0.1) is 0 Å². The third-order valence-corrected chi connectivity index (χ3v) is 3.36. The van der Waals surface area contributed by atoms with Gasteiger partial charge in [0.1, 0.15) is 0 Å². The molecule has 0 spiro atoms. The fraction of sp³-hybridized carbons (Fsp3) is 0. The molecule has 5 aliphatic heterocycles. The fourth-order valence-electron chi connectivity index (χ4n) is 2.33. The minimum absolute atomic E-state index is 0.538. The van der Waals surface area contributed by atoms with Gasteiger partial charge in [-0.1, -0.05) is 0 Å². The molecule has 0 N–H and O–H groups in total. The van der Waals surface area contributed by atoms with Gasteiger partial charge < -0.3 is 0 Å². The minimum atomic E-state index is 0.538. The van der Waals surface area contributed by atoms with Crippen LogP contribution in [0.3, 0.4) is 0 Å². The Balaban J connectivity index is 1.65. The molecule has 0 aromatic rings. The molecule has 0 fully saturated rings. The molecule has 24 heavy (non-hydrogen) atoms. The summed E-state index contributed by atoms with van der Waals surface area (Å²) in [6, 6.07) is 0. The first-order valence-electron chi connectivity index (χ1n) is 7.22. The molecule has 5 aliphatic rings. The number of fused-ring (bicyclic) bond motifs is 4. The van der Waals surface area contributed by atoms with E-state index in [2.05, 4.69) is 39.9 Å². The second-order valence-corrected chi connectivity index (χ2v) is 5.09. The standard InChI is InChI=1S/C16H8N8/c1-2-10-17-9(1)21-11-3-4-13(18-11)23-15-7-8-16(20-15)24-14-6-5-12(19-14)22-10/h1-8H/b21-9-,21-11?,22-10?,22-12-,23-13-,23-15?,24-14?,24-16-. The van der Waals surface area contributed by atoms with Gasteiger partial charge in [0.15, 0.2) is 46.7 Å². The smallest absolute Gasteiger partial charge is 0.156 e. The van der Waals surface area contributed by atoms with E-state index in [1.807, 2.05) is 0 Å². The van der Waals surface area contributed by atoms with Crippen LogP contribution >= 0.6 is 0 Å². The van der Waals surface area contributed by atoms with Crippen molar-refractivity contribution in [3.05, 3.63) is 48.6 Å². The number of rotatable bonds is 0. The third kappa shape index (κ3) is 2.35. The maximum absolute atomic E-state index is 4.37. The van der Waals surface area contributed by atoms with Crippen molar-refractivity contribution in [1.82, 2.24) is 0 Å². The molecule has 5 rings (SSSR count). The van der Waals surface area contributed by atoms with Gasteiger partial charge in [-0.15, -0.1) is 0 Å². The maximum Gasteiger partial charge on any atom is 0.156 e. The molecule has 8 heteroatoms. The predicted octanol–water partition coefficient (Wildman–Crippen LogP) is 1.47. The lowest BCUT2D eigenvalue weighted by atomic mass is 10.4. The highest BCUT2D eigenvalue weighted by Gasteiger charge is 2.13. The maximum atomic E-state index is 4.37. The zero-order valence-corrected chi connectivity index (χ0v) is 12.2. The van der Waals surface area contributed by atoms with Crippen LogP contribution in [0.4, 0.5) is 0 Å². The van der Waals surface area contributed by atoms with Crippen molar-refractivity contribution in [1.29, 1.82) is 0 Å². The zero-order chi connectivity index (χ0) is 15.9. The lowest BCUT2D eigenvalue weighted by molar-refractivity contribution is 1.50. The van der Waals surface area contributed by atoms with Gasteiger partial charge in [-0.05, 0) is 48.6 Å². The van der Waals surface area contributed by atoms with Crippen LogP contribution in [-0.2, 0) is 0 Å². The van der Waals surface area contributed by atoms with E-state index in [0.29, 0.717) is 46.7 Å². The van der Waals surface area contributed by atoms with Gasteiger partial charge >= 0.3 is 0 Å². The summed E-state index contributed by atoms with van der Waals surface area (Å²) >= 11 is 0. The Morgan fingerprint density at radius 2 is 0.375 bits per heavy atom. The fourth-order valence-corrected chi connectivity index (χ4v) is 2.33. The highest BCUT2D eigenvalue weighted by Crippen LogP contribution is 2.10. The molecular weight excluding hydrogens is 304 g/mol. The van der Waals surface area contributed by atoms with Crippen LogP contribution in [0.25, 0.3) is 0 Å². The van der Waals surface area contributed by atoms with Crippen LogP contribution < -0.4 is 0 Å². The Hall–Kier alpha value is -3.68. The zero-order valence-electron chi connectivity index (χ0n) is 12.2. The van der Waals surface area contributed by atoms with Gasteiger partial charge in [0.2, 0.25) is 0 Å². The largest absolute Gasteiger partial charge is 0.209 e.